The Kier molecular flexibility index (Phi) is 4.27. The number of fused-ring (bicyclic) bond motifs is 1. The monoisotopic (exact) mass is 359 g/mol. The molecule has 0 bridgehead atoms. The van der Waals surface area contributed by atoms with Gasteiger partial charge in [0.2, 0.25) is 5.91 Å². The van der Waals surface area contributed by atoms with E-state index in [9.17, 15) is 9.18 Å². The van der Waals surface area contributed by atoms with Gasteiger partial charge in [-0.25, -0.2) is 9.37 Å². The molecular weight excluding hydrogens is 341 g/mol. The Bertz CT molecular complexity index is 910. The lowest BCUT2D eigenvalue weighted by Crippen LogP contribution is -2.33. The standard InChI is InChI=1S/C18H18FN3O2S/c1-11-16(9-20-17(23)15-3-2-8-24-15)25-18-21-14(10-22(11)18)12-4-6-13(19)7-5-12/h4-7,10,15H,2-3,8-9H2,1H3,(H,20,23)/t15-/m0/s1. The molecule has 1 saturated heterocycles. The highest BCUT2D eigenvalue weighted by atomic mass is 32.1. The average molecular weight is 359 g/mol. The number of halogens is 1. The first-order valence-corrected chi connectivity index (χ1v) is 9.06. The zero-order chi connectivity index (χ0) is 17.4. The number of ether oxygens (including phenoxy) is 1. The Labute approximate surface area is 148 Å². The van der Waals surface area contributed by atoms with Crippen LogP contribution in [0.15, 0.2) is 30.5 Å². The molecule has 2 aromatic heterocycles. The van der Waals surface area contributed by atoms with Gasteiger partial charge in [-0.1, -0.05) is 11.3 Å². The Morgan fingerprint density at radius 1 is 1.44 bits per heavy atom. The number of aryl methyl sites for hydroxylation is 1. The summed E-state index contributed by atoms with van der Waals surface area (Å²) in [5.74, 6) is -0.305. The Morgan fingerprint density at radius 3 is 2.92 bits per heavy atom. The van der Waals surface area contributed by atoms with E-state index in [0.29, 0.717) is 13.2 Å². The molecule has 3 aromatic rings. The zero-order valence-corrected chi connectivity index (χ0v) is 14.6. The first-order chi connectivity index (χ1) is 12.1. The van der Waals surface area contributed by atoms with Crippen molar-refractivity contribution in [1.82, 2.24) is 14.7 Å². The number of nitrogens with one attached hydrogen (secondary N) is 1. The van der Waals surface area contributed by atoms with E-state index in [1.165, 1.54) is 12.1 Å². The van der Waals surface area contributed by atoms with E-state index in [1.54, 1.807) is 23.5 Å². The second-order valence-corrected chi connectivity index (χ2v) is 7.18. The number of thiazole rings is 1. The van der Waals surface area contributed by atoms with E-state index in [0.717, 1.165) is 39.6 Å². The van der Waals surface area contributed by atoms with Gasteiger partial charge in [-0.05, 0) is 44.0 Å². The maximum Gasteiger partial charge on any atom is 0.249 e. The lowest BCUT2D eigenvalue weighted by Gasteiger charge is -2.09. The Hall–Kier alpha value is -2.25. The molecule has 5 nitrogen and oxygen atoms in total. The van der Waals surface area contributed by atoms with Gasteiger partial charge in [0, 0.05) is 28.9 Å². The van der Waals surface area contributed by atoms with Crippen LogP contribution in [0, 0.1) is 12.7 Å². The molecule has 130 valence electrons. The number of hydrogen-bond donors (Lipinski definition) is 1. The lowest BCUT2D eigenvalue weighted by atomic mass is 10.2. The SMILES string of the molecule is Cc1c(CNC(=O)[C@@H]2CCCO2)sc2nc(-c3ccc(F)cc3)cn12. The largest absolute Gasteiger partial charge is 0.368 e. The van der Waals surface area contributed by atoms with E-state index in [4.69, 9.17) is 4.74 Å². The van der Waals surface area contributed by atoms with Crippen molar-refractivity contribution in [3.8, 4) is 11.3 Å². The van der Waals surface area contributed by atoms with Gasteiger partial charge in [-0.2, -0.15) is 0 Å². The number of imidazole rings is 1. The maximum atomic E-state index is 13.1. The Balaban J connectivity index is 1.51. The fourth-order valence-corrected chi connectivity index (χ4v) is 4.03. The summed E-state index contributed by atoms with van der Waals surface area (Å²) in [5.41, 5.74) is 2.74. The van der Waals surface area contributed by atoms with Crippen molar-refractivity contribution >= 4 is 22.2 Å². The molecule has 0 aliphatic carbocycles. The van der Waals surface area contributed by atoms with Crippen LogP contribution in [0.25, 0.3) is 16.2 Å². The van der Waals surface area contributed by atoms with Crippen LogP contribution in [-0.2, 0) is 16.1 Å². The van der Waals surface area contributed by atoms with Crippen molar-refractivity contribution in [2.75, 3.05) is 6.61 Å². The number of benzene rings is 1. The third-order valence-electron chi connectivity index (χ3n) is 4.44. The fourth-order valence-electron chi connectivity index (χ4n) is 2.98. The second kappa shape index (κ2) is 6.57. The third kappa shape index (κ3) is 3.17. The summed E-state index contributed by atoms with van der Waals surface area (Å²) in [6.07, 6.45) is 3.37. The summed E-state index contributed by atoms with van der Waals surface area (Å²) < 4.78 is 20.5. The predicted octanol–water partition coefficient (Wildman–Crippen LogP) is 3.31. The van der Waals surface area contributed by atoms with Gasteiger partial charge in [-0.3, -0.25) is 9.20 Å². The van der Waals surface area contributed by atoms with Crippen molar-refractivity contribution < 1.29 is 13.9 Å². The molecule has 1 N–H and O–H groups in total. The molecule has 0 unspecified atom stereocenters. The van der Waals surface area contributed by atoms with E-state index in [-0.39, 0.29) is 17.8 Å². The highest BCUT2D eigenvalue weighted by Crippen LogP contribution is 2.27. The predicted molar refractivity (Wildman–Crippen MR) is 94.0 cm³/mol. The first kappa shape index (κ1) is 16.2. The maximum absolute atomic E-state index is 13.1. The molecule has 7 heteroatoms. The van der Waals surface area contributed by atoms with Crippen LogP contribution in [0.2, 0.25) is 0 Å². The number of rotatable bonds is 4. The van der Waals surface area contributed by atoms with E-state index >= 15 is 0 Å². The molecule has 0 saturated carbocycles. The Morgan fingerprint density at radius 2 is 2.24 bits per heavy atom. The number of aromatic nitrogens is 2. The number of nitrogens with zero attached hydrogens (tertiary/aromatic N) is 2. The van der Waals surface area contributed by atoms with Crippen LogP contribution in [0.5, 0.6) is 0 Å². The quantitative estimate of drug-likeness (QED) is 0.778. The van der Waals surface area contributed by atoms with Gasteiger partial charge in [-0.15, -0.1) is 0 Å². The van der Waals surface area contributed by atoms with E-state index in [2.05, 4.69) is 10.3 Å². The molecule has 1 amide bonds. The summed E-state index contributed by atoms with van der Waals surface area (Å²) in [7, 11) is 0. The molecule has 0 spiro atoms. The summed E-state index contributed by atoms with van der Waals surface area (Å²) in [6.45, 7) is 3.15. The van der Waals surface area contributed by atoms with Gasteiger partial charge >= 0.3 is 0 Å². The van der Waals surface area contributed by atoms with Crippen molar-refractivity contribution in [1.29, 1.82) is 0 Å². The number of carbonyl (C=O) groups is 1. The first-order valence-electron chi connectivity index (χ1n) is 8.24. The minimum absolute atomic E-state index is 0.0464. The molecule has 1 aliphatic rings. The van der Waals surface area contributed by atoms with Gasteiger partial charge in [0.15, 0.2) is 4.96 Å². The second-order valence-electron chi connectivity index (χ2n) is 6.12. The van der Waals surface area contributed by atoms with E-state index in [1.807, 2.05) is 17.5 Å². The molecule has 4 rings (SSSR count). The minimum atomic E-state index is -0.311. The number of amides is 1. The molecule has 1 aromatic carbocycles. The summed E-state index contributed by atoms with van der Waals surface area (Å²) in [4.78, 5) is 18.6. The molecular formula is C18H18FN3O2S. The highest BCUT2D eigenvalue weighted by Gasteiger charge is 2.23. The molecule has 1 atom stereocenters. The number of carbonyl (C=O) groups excluding carboxylic acids is 1. The third-order valence-corrected chi connectivity index (χ3v) is 5.59. The van der Waals surface area contributed by atoms with Crippen molar-refractivity contribution in [3.63, 3.8) is 0 Å². The molecule has 25 heavy (non-hydrogen) atoms. The number of hydrogen-bond acceptors (Lipinski definition) is 4. The van der Waals surface area contributed by atoms with Crippen LogP contribution in [0.3, 0.4) is 0 Å². The van der Waals surface area contributed by atoms with Gasteiger partial charge < -0.3 is 10.1 Å². The van der Waals surface area contributed by atoms with Gasteiger partial charge in [0.05, 0.1) is 12.2 Å². The van der Waals surface area contributed by atoms with Gasteiger partial charge in [0.1, 0.15) is 11.9 Å². The topological polar surface area (TPSA) is 55.6 Å². The van der Waals surface area contributed by atoms with Crippen LogP contribution in [0.4, 0.5) is 4.39 Å². The van der Waals surface area contributed by atoms with Crippen LogP contribution < -0.4 is 5.32 Å². The fraction of sp³-hybridized carbons (Fsp3) is 0.333. The molecule has 0 radical (unpaired) electrons. The van der Waals surface area contributed by atoms with Crippen molar-refractivity contribution in [2.45, 2.75) is 32.4 Å². The lowest BCUT2D eigenvalue weighted by molar-refractivity contribution is -0.130. The summed E-state index contributed by atoms with van der Waals surface area (Å²) >= 11 is 1.55. The molecule has 1 aliphatic heterocycles. The van der Waals surface area contributed by atoms with Crippen LogP contribution >= 0.6 is 11.3 Å². The van der Waals surface area contributed by atoms with Crippen LogP contribution in [0.1, 0.15) is 23.4 Å². The smallest absolute Gasteiger partial charge is 0.249 e. The van der Waals surface area contributed by atoms with Crippen molar-refractivity contribution in [2.24, 2.45) is 0 Å². The van der Waals surface area contributed by atoms with Crippen molar-refractivity contribution in [3.05, 3.63) is 46.9 Å². The van der Waals surface area contributed by atoms with Crippen LogP contribution in [-0.4, -0.2) is 28.0 Å². The zero-order valence-electron chi connectivity index (χ0n) is 13.8. The summed E-state index contributed by atoms with van der Waals surface area (Å²) in [6, 6.07) is 6.31. The summed E-state index contributed by atoms with van der Waals surface area (Å²) in [5, 5.41) is 2.95. The molecule has 3 heterocycles. The highest BCUT2D eigenvalue weighted by molar-refractivity contribution is 7.17. The average Bonchev–Trinajstić information content (AvgIpc) is 3.32. The normalized spacial score (nSPS) is 17.3. The van der Waals surface area contributed by atoms with E-state index < -0.39 is 0 Å². The molecule has 1 fully saturated rings. The van der Waals surface area contributed by atoms with Gasteiger partial charge in [0.25, 0.3) is 0 Å². The minimum Gasteiger partial charge on any atom is -0.368 e.